The van der Waals surface area contributed by atoms with E-state index in [9.17, 15) is 13.5 Å². The Labute approximate surface area is 136 Å². The summed E-state index contributed by atoms with van der Waals surface area (Å²) in [6.45, 7) is 4.82. The largest absolute Gasteiger partial charge is 0.394 e. The third-order valence-corrected chi connectivity index (χ3v) is 5.66. The third kappa shape index (κ3) is 3.60. The maximum atomic E-state index is 13.0. The molecule has 0 atom stereocenters. The van der Waals surface area contributed by atoms with Gasteiger partial charge in [-0.25, -0.2) is 13.4 Å². The molecule has 0 aliphatic rings. The smallest absolute Gasteiger partial charge is 0.263 e. The summed E-state index contributed by atoms with van der Waals surface area (Å²) in [6.07, 6.45) is 3.08. The van der Waals surface area contributed by atoms with Crippen molar-refractivity contribution in [3.63, 3.8) is 0 Å². The Morgan fingerprint density at radius 1 is 1.35 bits per heavy atom. The van der Waals surface area contributed by atoms with Gasteiger partial charge in [-0.3, -0.25) is 4.98 Å². The van der Waals surface area contributed by atoms with Crippen LogP contribution in [0.3, 0.4) is 0 Å². The van der Waals surface area contributed by atoms with E-state index in [2.05, 4.69) is 9.97 Å². The van der Waals surface area contributed by atoms with Gasteiger partial charge in [0, 0.05) is 19.4 Å². The molecule has 0 aromatic carbocycles. The van der Waals surface area contributed by atoms with Crippen molar-refractivity contribution in [1.82, 2.24) is 18.8 Å². The summed E-state index contributed by atoms with van der Waals surface area (Å²) in [5, 5.41) is 9.63. The van der Waals surface area contributed by atoms with Gasteiger partial charge in [0.2, 0.25) is 0 Å². The zero-order valence-corrected chi connectivity index (χ0v) is 14.6. The molecule has 2 rings (SSSR count). The predicted octanol–water partition coefficient (Wildman–Crippen LogP) is 1.09. The molecule has 0 fully saturated rings. The predicted molar refractivity (Wildman–Crippen MR) is 86.1 cm³/mol. The van der Waals surface area contributed by atoms with Crippen LogP contribution in [0.15, 0.2) is 35.6 Å². The summed E-state index contributed by atoms with van der Waals surface area (Å²) >= 11 is 0. The lowest BCUT2D eigenvalue weighted by Crippen LogP contribution is -2.49. The standard InChI is InChI=1S/C15H22N4O3S/c1-12-17-14(10-18(12)4)23(21,22)19(15(2,3)11-20)9-13-7-5-6-8-16-13/h5-8,10,20H,9,11H2,1-4H3. The number of rotatable bonds is 6. The zero-order chi connectivity index (χ0) is 17.3. The van der Waals surface area contributed by atoms with E-state index in [0.717, 1.165) is 0 Å². The van der Waals surface area contributed by atoms with Crippen molar-refractivity contribution in [1.29, 1.82) is 0 Å². The van der Waals surface area contributed by atoms with Crippen LogP contribution < -0.4 is 0 Å². The SMILES string of the molecule is Cc1nc(S(=O)(=O)N(Cc2ccccn2)C(C)(C)CO)cn1C. The van der Waals surface area contributed by atoms with E-state index in [0.29, 0.717) is 11.5 Å². The fourth-order valence-corrected chi connectivity index (χ4v) is 3.88. The molecule has 0 saturated heterocycles. The molecule has 0 saturated carbocycles. The van der Waals surface area contributed by atoms with Crippen LogP contribution in [0, 0.1) is 6.92 Å². The molecular weight excluding hydrogens is 316 g/mol. The zero-order valence-electron chi connectivity index (χ0n) is 13.8. The molecule has 23 heavy (non-hydrogen) atoms. The molecule has 0 unspecified atom stereocenters. The molecule has 0 aliphatic heterocycles. The molecular formula is C15H22N4O3S. The number of pyridine rings is 1. The minimum Gasteiger partial charge on any atom is -0.394 e. The molecule has 2 heterocycles. The molecule has 1 N–H and O–H groups in total. The maximum absolute atomic E-state index is 13.0. The van der Waals surface area contributed by atoms with Gasteiger partial charge in [0.25, 0.3) is 10.0 Å². The number of aromatic nitrogens is 3. The Hall–Kier alpha value is -1.77. The normalized spacial score (nSPS) is 12.8. The molecule has 2 aromatic heterocycles. The molecule has 126 valence electrons. The van der Waals surface area contributed by atoms with Gasteiger partial charge in [0.15, 0.2) is 5.03 Å². The van der Waals surface area contributed by atoms with Gasteiger partial charge in [0.05, 0.1) is 24.4 Å². The van der Waals surface area contributed by atoms with Gasteiger partial charge in [-0.05, 0) is 32.9 Å². The fraction of sp³-hybridized carbons (Fsp3) is 0.467. The molecule has 8 heteroatoms. The number of aliphatic hydroxyl groups excluding tert-OH is 1. The van der Waals surface area contributed by atoms with E-state index in [1.54, 1.807) is 56.8 Å². The highest BCUT2D eigenvalue weighted by molar-refractivity contribution is 7.89. The van der Waals surface area contributed by atoms with Gasteiger partial charge in [0.1, 0.15) is 5.82 Å². The van der Waals surface area contributed by atoms with Crippen LogP contribution >= 0.6 is 0 Å². The summed E-state index contributed by atoms with van der Waals surface area (Å²) in [5.41, 5.74) is -0.382. The summed E-state index contributed by atoms with van der Waals surface area (Å²) < 4.78 is 28.9. The first-order valence-electron chi connectivity index (χ1n) is 7.22. The van der Waals surface area contributed by atoms with Crippen LogP contribution in [0.1, 0.15) is 25.4 Å². The third-order valence-electron chi connectivity index (χ3n) is 3.73. The number of nitrogens with zero attached hydrogens (tertiary/aromatic N) is 4. The number of aliphatic hydroxyl groups is 1. The summed E-state index contributed by atoms with van der Waals surface area (Å²) in [6, 6.07) is 5.31. The molecule has 0 aliphatic carbocycles. The fourth-order valence-electron chi connectivity index (χ4n) is 2.11. The number of aryl methyl sites for hydroxylation is 2. The summed E-state index contributed by atoms with van der Waals surface area (Å²) in [4.78, 5) is 8.31. The molecule has 0 bridgehead atoms. The molecule has 2 aromatic rings. The van der Waals surface area contributed by atoms with Crippen LogP contribution in [0.4, 0.5) is 0 Å². The van der Waals surface area contributed by atoms with Crippen LogP contribution in [-0.2, 0) is 23.6 Å². The van der Waals surface area contributed by atoms with Crippen molar-refractivity contribution in [2.45, 2.75) is 37.9 Å². The van der Waals surface area contributed by atoms with Crippen molar-refractivity contribution in [2.24, 2.45) is 7.05 Å². The number of sulfonamides is 1. The minimum absolute atomic E-state index is 0.0324. The van der Waals surface area contributed by atoms with Gasteiger partial charge in [-0.15, -0.1) is 0 Å². The molecule has 0 amide bonds. The first-order chi connectivity index (χ1) is 10.7. The van der Waals surface area contributed by atoms with Gasteiger partial charge in [-0.2, -0.15) is 4.31 Å². The van der Waals surface area contributed by atoms with Gasteiger partial charge < -0.3 is 9.67 Å². The summed E-state index contributed by atoms with van der Waals surface area (Å²) in [7, 11) is -2.13. The second-order valence-corrected chi connectivity index (χ2v) is 7.85. The number of imidazole rings is 1. The lowest BCUT2D eigenvalue weighted by Gasteiger charge is -2.35. The first kappa shape index (κ1) is 17.6. The highest BCUT2D eigenvalue weighted by Crippen LogP contribution is 2.26. The second-order valence-electron chi connectivity index (χ2n) is 6.04. The maximum Gasteiger partial charge on any atom is 0.263 e. The van der Waals surface area contributed by atoms with Crippen molar-refractivity contribution in [2.75, 3.05) is 6.61 Å². The molecule has 0 spiro atoms. The quantitative estimate of drug-likeness (QED) is 0.851. The van der Waals surface area contributed by atoms with E-state index >= 15 is 0 Å². The van der Waals surface area contributed by atoms with Crippen LogP contribution in [0.25, 0.3) is 0 Å². The lowest BCUT2D eigenvalue weighted by atomic mass is 10.1. The Balaban J connectivity index is 2.48. The second kappa shape index (κ2) is 6.38. The molecule has 0 radical (unpaired) electrons. The average Bonchev–Trinajstić information content (AvgIpc) is 2.86. The monoisotopic (exact) mass is 338 g/mol. The van der Waals surface area contributed by atoms with E-state index < -0.39 is 15.6 Å². The lowest BCUT2D eigenvalue weighted by molar-refractivity contribution is 0.116. The Kier molecular flexibility index (Phi) is 4.88. The van der Waals surface area contributed by atoms with Crippen molar-refractivity contribution < 1.29 is 13.5 Å². The first-order valence-corrected chi connectivity index (χ1v) is 8.66. The van der Waals surface area contributed by atoms with Crippen molar-refractivity contribution >= 4 is 10.0 Å². The highest BCUT2D eigenvalue weighted by Gasteiger charge is 2.38. The van der Waals surface area contributed by atoms with E-state index in [1.165, 1.54) is 10.5 Å². The van der Waals surface area contributed by atoms with E-state index in [1.807, 2.05) is 0 Å². The van der Waals surface area contributed by atoms with E-state index in [-0.39, 0.29) is 18.2 Å². The molecule has 7 nitrogen and oxygen atoms in total. The van der Waals surface area contributed by atoms with Crippen LogP contribution in [0.5, 0.6) is 0 Å². The average molecular weight is 338 g/mol. The van der Waals surface area contributed by atoms with Crippen molar-refractivity contribution in [3.8, 4) is 0 Å². The van der Waals surface area contributed by atoms with Crippen LogP contribution in [-0.4, -0.2) is 44.5 Å². The topological polar surface area (TPSA) is 88.3 Å². The highest BCUT2D eigenvalue weighted by atomic mass is 32.2. The number of hydrogen-bond donors (Lipinski definition) is 1. The number of hydrogen-bond acceptors (Lipinski definition) is 5. The Bertz CT molecular complexity index is 750. The van der Waals surface area contributed by atoms with Crippen LogP contribution in [0.2, 0.25) is 0 Å². The summed E-state index contributed by atoms with van der Waals surface area (Å²) in [5.74, 6) is 0.600. The minimum atomic E-state index is -3.87. The Morgan fingerprint density at radius 2 is 2.04 bits per heavy atom. The Morgan fingerprint density at radius 3 is 2.52 bits per heavy atom. The van der Waals surface area contributed by atoms with Gasteiger partial charge in [-0.1, -0.05) is 6.07 Å². The van der Waals surface area contributed by atoms with E-state index in [4.69, 9.17) is 0 Å². The van der Waals surface area contributed by atoms with Crippen molar-refractivity contribution in [3.05, 3.63) is 42.1 Å². The van der Waals surface area contributed by atoms with Gasteiger partial charge >= 0.3 is 0 Å².